The second-order valence-electron chi connectivity index (χ2n) is 5.41. The first kappa shape index (κ1) is 19.6. The zero-order valence-electron chi connectivity index (χ0n) is 14.9. The predicted octanol–water partition coefficient (Wildman–Crippen LogP) is 3.26. The molecule has 7 heteroatoms. The van der Waals surface area contributed by atoms with Crippen LogP contribution in [-0.4, -0.2) is 28.3 Å². The van der Waals surface area contributed by atoms with E-state index in [9.17, 15) is 9.59 Å². The Morgan fingerprint density at radius 3 is 2.56 bits per heavy atom. The summed E-state index contributed by atoms with van der Waals surface area (Å²) in [6.45, 7) is 9.05. The van der Waals surface area contributed by atoms with Crippen molar-refractivity contribution < 1.29 is 14.3 Å². The molecule has 2 aromatic rings. The van der Waals surface area contributed by atoms with Crippen molar-refractivity contribution in [3.05, 3.63) is 79.2 Å². The molecule has 7 nitrogen and oxygen atoms in total. The number of rotatable bonds is 8. The molecule has 2 N–H and O–H groups in total. The molecule has 0 bridgehead atoms. The van der Waals surface area contributed by atoms with Crippen LogP contribution in [0.5, 0.6) is 11.6 Å². The Labute approximate surface area is 157 Å². The van der Waals surface area contributed by atoms with Crippen molar-refractivity contribution in [1.29, 1.82) is 0 Å². The van der Waals surface area contributed by atoms with E-state index in [4.69, 9.17) is 4.74 Å². The molecular formula is C20H20N4O3. The number of nitrogens with zero attached hydrogens (tertiary/aromatic N) is 2. The van der Waals surface area contributed by atoms with Gasteiger partial charge in [-0.3, -0.25) is 9.59 Å². The minimum atomic E-state index is -0.238. The second-order valence-corrected chi connectivity index (χ2v) is 5.41. The van der Waals surface area contributed by atoms with Crippen LogP contribution >= 0.6 is 0 Å². The van der Waals surface area contributed by atoms with Gasteiger partial charge in [-0.2, -0.15) is 0 Å². The first-order valence-corrected chi connectivity index (χ1v) is 8.11. The Kier molecular flexibility index (Phi) is 7.01. The summed E-state index contributed by atoms with van der Waals surface area (Å²) in [4.78, 5) is 31.2. The number of anilines is 1. The average Bonchev–Trinajstić information content (AvgIpc) is 2.65. The molecule has 0 aliphatic rings. The van der Waals surface area contributed by atoms with Crippen molar-refractivity contribution in [1.82, 2.24) is 15.3 Å². The third kappa shape index (κ3) is 6.24. The molecule has 0 saturated carbocycles. The largest absolute Gasteiger partial charge is 0.439 e. The number of aromatic nitrogens is 2. The molecule has 138 valence electrons. The average molecular weight is 364 g/mol. The van der Waals surface area contributed by atoms with E-state index in [2.05, 4.69) is 33.8 Å². The summed E-state index contributed by atoms with van der Waals surface area (Å²) in [6.07, 6.45) is 6.37. The van der Waals surface area contributed by atoms with Crippen LogP contribution < -0.4 is 15.4 Å². The quantitative estimate of drug-likeness (QED) is 0.701. The number of hydrogen-bond acceptors (Lipinski definition) is 5. The van der Waals surface area contributed by atoms with Crippen molar-refractivity contribution in [3.63, 3.8) is 0 Å². The fourth-order valence-corrected chi connectivity index (χ4v) is 2.07. The Balaban J connectivity index is 1.99. The fourth-order valence-electron chi connectivity index (χ4n) is 2.07. The molecule has 0 atom stereocenters. The molecule has 1 aromatic carbocycles. The summed E-state index contributed by atoms with van der Waals surface area (Å²) in [5, 5.41) is 5.35. The monoisotopic (exact) mass is 364 g/mol. The van der Waals surface area contributed by atoms with E-state index in [1.165, 1.54) is 19.3 Å². The van der Waals surface area contributed by atoms with Gasteiger partial charge in [0.15, 0.2) is 0 Å². The summed E-state index contributed by atoms with van der Waals surface area (Å²) < 4.78 is 5.62. The van der Waals surface area contributed by atoms with E-state index in [-0.39, 0.29) is 17.7 Å². The first-order chi connectivity index (χ1) is 13.0. The van der Waals surface area contributed by atoms with Gasteiger partial charge in [-0.15, -0.1) is 0 Å². The lowest BCUT2D eigenvalue weighted by Crippen LogP contribution is -2.25. The van der Waals surface area contributed by atoms with Gasteiger partial charge in [0, 0.05) is 25.1 Å². The van der Waals surface area contributed by atoms with Gasteiger partial charge in [0.05, 0.1) is 0 Å². The minimum absolute atomic E-state index is 0.214. The van der Waals surface area contributed by atoms with Crippen LogP contribution in [0.1, 0.15) is 17.3 Å². The summed E-state index contributed by atoms with van der Waals surface area (Å²) >= 11 is 0. The van der Waals surface area contributed by atoms with Gasteiger partial charge in [-0.1, -0.05) is 31.4 Å². The van der Waals surface area contributed by atoms with Crippen molar-refractivity contribution in [2.24, 2.45) is 0 Å². The molecule has 2 rings (SSSR count). The van der Waals surface area contributed by atoms with Crippen LogP contribution in [-0.2, 0) is 4.79 Å². The third-order valence-corrected chi connectivity index (χ3v) is 3.33. The van der Waals surface area contributed by atoms with Gasteiger partial charge in [0.1, 0.15) is 17.9 Å². The Hall–Kier alpha value is -3.74. The maximum Gasteiger partial charge on any atom is 0.251 e. The van der Waals surface area contributed by atoms with Gasteiger partial charge in [0.2, 0.25) is 11.8 Å². The summed E-state index contributed by atoms with van der Waals surface area (Å²) in [7, 11) is 0. The second kappa shape index (κ2) is 9.67. The Morgan fingerprint density at radius 2 is 1.93 bits per heavy atom. The molecule has 0 spiro atoms. The van der Waals surface area contributed by atoms with E-state index in [1.807, 2.05) is 0 Å². The van der Waals surface area contributed by atoms with E-state index in [0.717, 1.165) is 5.57 Å². The summed E-state index contributed by atoms with van der Waals surface area (Å²) in [6, 6.07) is 8.10. The number of hydrogen-bond donors (Lipinski definition) is 2. The topological polar surface area (TPSA) is 93.2 Å². The molecule has 0 fully saturated rings. The lowest BCUT2D eigenvalue weighted by molar-refractivity contribution is -0.114. The van der Waals surface area contributed by atoms with Crippen molar-refractivity contribution >= 4 is 17.6 Å². The van der Waals surface area contributed by atoms with E-state index < -0.39 is 0 Å². The highest BCUT2D eigenvalue weighted by Crippen LogP contribution is 2.21. The van der Waals surface area contributed by atoms with E-state index >= 15 is 0 Å². The third-order valence-electron chi connectivity index (χ3n) is 3.33. The number of ether oxygens (including phenoxy) is 1. The summed E-state index contributed by atoms with van der Waals surface area (Å²) in [5.41, 5.74) is 1.35. The zero-order chi connectivity index (χ0) is 19.6. The molecule has 0 unspecified atom stereocenters. The van der Waals surface area contributed by atoms with Gasteiger partial charge in [0.25, 0.3) is 5.91 Å². The number of allylic oxidation sites excluding steroid dienone is 2. The highest BCUT2D eigenvalue weighted by atomic mass is 16.5. The smallest absolute Gasteiger partial charge is 0.251 e. The van der Waals surface area contributed by atoms with E-state index in [0.29, 0.717) is 23.7 Å². The van der Waals surface area contributed by atoms with Gasteiger partial charge >= 0.3 is 0 Å². The van der Waals surface area contributed by atoms with Crippen molar-refractivity contribution in [2.45, 2.75) is 6.92 Å². The minimum Gasteiger partial charge on any atom is -0.439 e. The predicted molar refractivity (Wildman–Crippen MR) is 104 cm³/mol. The van der Waals surface area contributed by atoms with Crippen LogP contribution in [0.2, 0.25) is 0 Å². The molecule has 27 heavy (non-hydrogen) atoms. The van der Waals surface area contributed by atoms with Crippen LogP contribution in [0.25, 0.3) is 0 Å². The maximum atomic E-state index is 12.2. The lowest BCUT2D eigenvalue weighted by Gasteiger charge is -2.08. The number of carbonyl (C=O) groups excluding carboxylic acids is 2. The normalized spacial score (nSPS) is 10.6. The zero-order valence-corrected chi connectivity index (χ0v) is 14.9. The molecule has 0 aliphatic heterocycles. The number of benzene rings is 1. The molecule has 2 amide bonds. The van der Waals surface area contributed by atoms with Gasteiger partial charge < -0.3 is 15.4 Å². The van der Waals surface area contributed by atoms with Crippen LogP contribution in [0.3, 0.4) is 0 Å². The number of nitrogens with one attached hydrogen (secondary N) is 2. The van der Waals surface area contributed by atoms with E-state index in [1.54, 1.807) is 42.5 Å². The Bertz CT molecular complexity index is 873. The van der Waals surface area contributed by atoms with Crippen LogP contribution in [0.4, 0.5) is 5.82 Å². The van der Waals surface area contributed by atoms with Crippen molar-refractivity contribution in [3.8, 4) is 11.6 Å². The molecule has 0 saturated heterocycles. The molecule has 1 heterocycles. The number of amides is 2. The maximum absolute atomic E-state index is 12.2. The summed E-state index contributed by atoms with van der Waals surface area (Å²) in [5.74, 6) is 0.661. The van der Waals surface area contributed by atoms with Gasteiger partial charge in [-0.25, -0.2) is 9.97 Å². The lowest BCUT2D eigenvalue weighted by atomic mass is 10.2. The van der Waals surface area contributed by atoms with Crippen LogP contribution in [0, 0.1) is 0 Å². The molecular weight excluding hydrogens is 344 g/mol. The number of carbonyl (C=O) groups is 2. The fraction of sp³-hybridized carbons (Fsp3) is 0.100. The van der Waals surface area contributed by atoms with Crippen LogP contribution in [0.15, 0.2) is 73.6 Å². The molecule has 1 aromatic heterocycles. The molecule has 0 aliphatic carbocycles. The SMILES string of the molecule is C=C/C=C(\C=C)CNC(=O)c1ccc(Oc2cc(NC(C)=O)ncn2)cc1. The van der Waals surface area contributed by atoms with Crippen molar-refractivity contribution in [2.75, 3.05) is 11.9 Å². The first-order valence-electron chi connectivity index (χ1n) is 8.11. The standard InChI is InChI=1S/C20H20N4O3/c1-4-6-15(5-2)12-21-20(26)16-7-9-17(10-8-16)27-19-11-18(22-13-23-19)24-14(3)25/h4-11,13H,1-2,12H2,3H3,(H,21,26)(H,22,23,24,25)/b15-6+. The van der Waals surface area contributed by atoms with Gasteiger partial charge in [-0.05, 0) is 29.8 Å². The highest BCUT2D eigenvalue weighted by Gasteiger charge is 2.07. The highest BCUT2D eigenvalue weighted by molar-refractivity contribution is 5.94. The Morgan fingerprint density at radius 1 is 1.19 bits per heavy atom. The molecule has 0 radical (unpaired) electrons.